The van der Waals surface area contributed by atoms with Crippen molar-refractivity contribution in [2.45, 2.75) is 39.2 Å². The summed E-state index contributed by atoms with van der Waals surface area (Å²) >= 11 is 1.37. The van der Waals surface area contributed by atoms with Gasteiger partial charge >= 0.3 is 0 Å². The zero-order valence-corrected chi connectivity index (χ0v) is 16.8. The highest BCUT2D eigenvalue weighted by molar-refractivity contribution is 7.15. The monoisotopic (exact) mass is 388 g/mol. The number of nitrogens with one attached hydrogen (secondary N) is 1. The SMILES string of the molecule is COc1ccccc1CN1C[C@H](C(=O)Nc2nnc(C(C)(C)C)s2)CC1=O. The summed E-state index contributed by atoms with van der Waals surface area (Å²) in [6.45, 7) is 6.95. The highest BCUT2D eigenvalue weighted by Gasteiger charge is 2.35. The van der Waals surface area contributed by atoms with E-state index in [2.05, 4.69) is 15.5 Å². The Bertz CT molecular complexity index is 843. The van der Waals surface area contributed by atoms with Crippen molar-refractivity contribution in [1.29, 1.82) is 0 Å². The third kappa shape index (κ3) is 4.44. The van der Waals surface area contributed by atoms with E-state index in [9.17, 15) is 9.59 Å². The second kappa shape index (κ2) is 7.64. The Morgan fingerprint density at radius 3 is 2.74 bits per heavy atom. The number of likely N-dealkylation sites (tertiary alicyclic amines) is 1. The maximum absolute atomic E-state index is 12.6. The summed E-state index contributed by atoms with van der Waals surface area (Å²) in [7, 11) is 1.61. The largest absolute Gasteiger partial charge is 0.496 e. The lowest BCUT2D eigenvalue weighted by molar-refractivity contribution is -0.128. The van der Waals surface area contributed by atoms with Gasteiger partial charge in [0.05, 0.1) is 13.0 Å². The fourth-order valence-corrected chi connectivity index (χ4v) is 3.73. The Balaban J connectivity index is 1.63. The van der Waals surface area contributed by atoms with E-state index in [0.717, 1.165) is 16.3 Å². The van der Waals surface area contributed by atoms with Gasteiger partial charge in [-0.05, 0) is 6.07 Å². The standard InChI is InChI=1S/C19H24N4O3S/c1-19(2,3)17-21-22-18(27-17)20-16(25)13-9-15(24)23(11-13)10-12-7-5-6-8-14(12)26-4/h5-8,13H,9-11H2,1-4H3,(H,20,22,25)/t13-/m1/s1. The smallest absolute Gasteiger partial charge is 0.231 e. The van der Waals surface area contributed by atoms with E-state index < -0.39 is 5.92 Å². The van der Waals surface area contributed by atoms with Crippen molar-refractivity contribution in [2.24, 2.45) is 5.92 Å². The molecule has 2 heterocycles. The first kappa shape index (κ1) is 19.3. The Morgan fingerprint density at radius 2 is 2.07 bits per heavy atom. The number of nitrogens with zero attached hydrogens (tertiary/aromatic N) is 3. The molecule has 1 aromatic heterocycles. The molecule has 1 saturated heterocycles. The van der Waals surface area contributed by atoms with Crippen LogP contribution in [0.3, 0.4) is 0 Å². The van der Waals surface area contributed by atoms with E-state index >= 15 is 0 Å². The molecular weight excluding hydrogens is 364 g/mol. The summed E-state index contributed by atoms with van der Waals surface area (Å²) < 4.78 is 5.34. The first-order chi connectivity index (χ1) is 12.8. The molecule has 1 N–H and O–H groups in total. The lowest BCUT2D eigenvalue weighted by Crippen LogP contribution is -2.28. The van der Waals surface area contributed by atoms with Crippen molar-refractivity contribution in [3.8, 4) is 5.75 Å². The number of anilines is 1. The molecule has 0 radical (unpaired) electrons. The Labute approximate surface area is 162 Å². The molecule has 1 fully saturated rings. The lowest BCUT2D eigenvalue weighted by atomic mass is 9.98. The molecule has 1 atom stereocenters. The molecule has 0 saturated carbocycles. The zero-order chi connectivity index (χ0) is 19.6. The Morgan fingerprint density at radius 1 is 1.33 bits per heavy atom. The lowest BCUT2D eigenvalue weighted by Gasteiger charge is -2.18. The minimum absolute atomic E-state index is 0.0336. The molecule has 7 nitrogen and oxygen atoms in total. The van der Waals surface area contributed by atoms with Crippen LogP contribution in [0.4, 0.5) is 5.13 Å². The van der Waals surface area contributed by atoms with Gasteiger partial charge in [0.2, 0.25) is 16.9 Å². The van der Waals surface area contributed by atoms with Crippen LogP contribution >= 0.6 is 11.3 Å². The number of hydrogen-bond donors (Lipinski definition) is 1. The van der Waals surface area contributed by atoms with Crippen molar-refractivity contribution in [1.82, 2.24) is 15.1 Å². The fraction of sp³-hybridized carbons (Fsp3) is 0.474. The highest BCUT2D eigenvalue weighted by atomic mass is 32.1. The topological polar surface area (TPSA) is 84.4 Å². The van der Waals surface area contributed by atoms with Crippen LogP contribution in [-0.2, 0) is 21.5 Å². The van der Waals surface area contributed by atoms with Crippen LogP contribution in [-0.4, -0.2) is 40.6 Å². The van der Waals surface area contributed by atoms with Gasteiger partial charge < -0.3 is 15.0 Å². The van der Waals surface area contributed by atoms with E-state index in [0.29, 0.717) is 18.2 Å². The number of carbonyl (C=O) groups excluding carboxylic acids is 2. The molecule has 1 aliphatic rings. The van der Waals surface area contributed by atoms with Gasteiger partial charge in [-0.2, -0.15) is 0 Å². The summed E-state index contributed by atoms with van der Waals surface area (Å²) in [5, 5.41) is 12.3. The fourth-order valence-electron chi connectivity index (χ4n) is 2.92. The van der Waals surface area contributed by atoms with Crippen molar-refractivity contribution < 1.29 is 14.3 Å². The second-order valence-corrected chi connectivity index (χ2v) is 8.62. The summed E-state index contributed by atoms with van der Waals surface area (Å²) in [6, 6.07) is 7.58. The van der Waals surface area contributed by atoms with Gasteiger partial charge in [-0.1, -0.05) is 50.3 Å². The number of hydrogen-bond acceptors (Lipinski definition) is 6. The number of methoxy groups -OCH3 is 1. The molecule has 3 rings (SSSR count). The summed E-state index contributed by atoms with van der Waals surface area (Å²) in [6.07, 6.45) is 0.200. The van der Waals surface area contributed by atoms with Gasteiger partial charge in [0.15, 0.2) is 0 Å². The van der Waals surface area contributed by atoms with Crippen LogP contribution in [0.5, 0.6) is 5.75 Å². The van der Waals surface area contributed by atoms with Gasteiger partial charge in [0.25, 0.3) is 0 Å². The normalized spacial score (nSPS) is 17.3. The van der Waals surface area contributed by atoms with Crippen molar-refractivity contribution >= 4 is 28.3 Å². The molecule has 8 heteroatoms. The minimum Gasteiger partial charge on any atom is -0.496 e. The molecule has 2 amide bonds. The third-order valence-corrected chi connectivity index (χ3v) is 5.70. The average molecular weight is 388 g/mol. The molecule has 144 valence electrons. The van der Waals surface area contributed by atoms with Crippen LogP contribution in [0.2, 0.25) is 0 Å². The second-order valence-electron chi connectivity index (χ2n) is 7.64. The predicted molar refractivity (Wildman–Crippen MR) is 104 cm³/mol. The molecule has 27 heavy (non-hydrogen) atoms. The maximum Gasteiger partial charge on any atom is 0.231 e. The van der Waals surface area contributed by atoms with Crippen molar-refractivity contribution in [3.63, 3.8) is 0 Å². The van der Waals surface area contributed by atoms with Crippen LogP contribution in [0.1, 0.15) is 37.8 Å². The molecule has 1 aromatic carbocycles. The number of amides is 2. The molecule has 2 aromatic rings. The zero-order valence-electron chi connectivity index (χ0n) is 16.0. The summed E-state index contributed by atoms with van der Waals surface area (Å²) in [4.78, 5) is 26.6. The quantitative estimate of drug-likeness (QED) is 0.851. The van der Waals surface area contributed by atoms with E-state index in [-0.39, 0.29) is 23.7 Å². The number of aromatic nitrogens is 2. The van der Waals surface area contributed by atoms with Crippen LogP contribution in [0.15, 0.2) is 24.3 Å². The average Bonchev–Trinajstić information content (AvgIpc) is 3.22. The van der Waals surface area contributed by atoms with Crippen LogP contribution in [0.25, 0.3) is 0 Å². The van der Waals surface area contributed by atoms with E-state index in [1.54, 1.807) is 12.0 Å². The van der Waals surface area contributed by atoms with Gasteiger partial charge in [-0.3, -0.25) is 9.59 Å². The van der Waals surface area contributed by atoms with E-state index in [4.69, 9.17) is 4.74 Å². The Hall–Kier alpha value is -2.48. The van der Waals surface area contributed by atoms with Gasteiger partial charge in [-0.15, -0.1) is 10.2 Å². The summed E-state index contributed by atoms with van der Waals surface area (Å²) in [5.41, 5.74) is 0.809. The molecule has 0 bridgehead atoms. The van der Waals surface area contributed by atoms with Crippen molar-refractivity contribution in [3.05, 3.63) is 34.8 Å². The highest BCUT2D eigenvalue weighted by Crippen LogP contribution is 2.29. The van der Waals surface area contributed by atoms with Crippen LogP contribution in [0, 0.1) is 5.92 Å². The number of rotatable bonds is 5. The molecular formula is C19H24N4O3S. The van der Waals surface area contributed by atoms with E-state index in [1.807, 2.05) is 45.0 Å². The predicted octanol–water partition coefficient (Wildman–Crippen LogP) is 2.83. The third-order valence-electron chi connectivity index (χ3n) is 4.44. The molecule has 0 unspecified atom stereocenters. The summed E-state index contributed by atoms with van der Waals surface area (Å²) in [5.74, 6) is 0.118. The number of para-hydroxylation sites is 1. The number of carbonyl (C=O) groups is 2. The van der Waals surface area contributed by atoms with Gasteiger partial charge in [0.1, 0.15) is 10.8 Å². The van der Waals surface area contributed by atoms with Gasteiger partial charge in [-0.25, -0.2) is 0 Å². The first-order valence-corrected chi connectivity index (χ1v) is 9.64. The molecule has 0 aliphatic carbocycles. The maximum atomic E-state index is 12.6. The molecule has 0 spiro atoms. The molecule has 1 aliphatic heterocycles. The van der Waals surface area contributed by atoms with Crippen LogP contribution < -0.4 is 10.1 Å². The minimum atomic E-state index is -0.394. The number of benzene rings is 1. The Kier molecular flexibility index (Phi) is 5.46. The van der Waals surface area contributed by atoms with Crippen molar-refractivity contribution in [2.75, 3.05) is 19.0 Å². The first-order valence-electron chi connectivity index (χ1n) is 8.82. The van der Waals surface area contributed by atoms with Gasteiger partial charge in [0, 0.05) is 30.5 Å². The number of ether oxygens (including phenoxy) is 1. The van der Waals surface area contributed by atoms with E-state index in [1.165, 1.54) is 11.3 Å².